The minimum absolute atomic E-state index is 1.18. The summed E-state index contributed by atoms with van der Waals surface area (Å²) >= 11 is 0. The fraction of sp³-hybridized carbons (Fsp3) is 0.0256. The minimum Gasteiger partial charge on any atom is -0.344 e. The van der Waals surface area contributed by atoms with Crippen molar-refractivity contribution >= 4 is 65.2 Å². The van der Waals surface area contributed by atoms with Crippen LogP contribution >= 0.6 is 0 Å². The van der Waals surface area contributed by atoms with Gasteiger partial charge in [0.1, 0.15) is 0 Å². The lowest BCUT2D eigenvalue weighted by Gasteiger charge is -2.10. The molecule has 0 aliphatic rings. The van der Waals surface area contributed by atoms with E-state index in [1.807, 2.05) is 0 Å². The second kappa shape index (κ2) is 8.33. The smallest absolute Gasteiger partial charge is 0.0547 e. The zero-order valence-electron chi connectivity index (χ0n) is 22.7. The predicted molar refractivity (Wildman–Crippen MR) is 175 cm³/mol. The van der Waals surface area contributed by atoms with Crippen molar-refractivity contribution in [3.63, 3.8) is 0 Å². The summed E-state index contributed by atoms with van der Waals surface area (Å²) in [6.07, 6.45) is 0. The van der Waals surface area contributed by atoms with E-state index in [1.165, 1.54) is 82.0 Å². The largest absolute Gasteiger partial charge is 0.344 e. The molecule has 0 amide bonds. The molecule has 2 nitrogen and oxygen atoms in total. The lowest BCUT2D eigenvalue weighted by molar-refractivity contribution is 1.01. The number of para-hydroxylation sites is 1. The van der Waals surface area contributed by atoms with Crippen LogP contribution in [0.2, 0.25) is 0 Å². The highest BCUT2D eigenvalue weighted by molar-refractivity contribution is 6.22. The summed E-state index contributed by atoms with van der Waals surface area (Å²) in [6.45, 7) is 0. The molecule has 0 spiro atoms. The highest BCUT2D eigenvalue weighted by atomic mass is 15.0. The van der Waals surface area contributed by atoms with Crippen LogP contribution in [0, 0.1) is 0 Å². The quantitative estimate of drug-likeness (QED) is 0.214. The summed E-state index contributed by atoms with van der Waals surface area (Å²) in [4.78, 5) is 0. The average molecular weight is 523 g/mol. The van der Waals surface area contributed by atoms with Gasteiger partial charge in [-0.2, -0.15) is 0 Å². The summed E-state index contributed by atoms with van der Waals surface area (Å²) in [5.41, 5.74) is 8.64. The molecule has 41 heavy (non-hydrogen) atoms. The van der Waals surface area contributed by atoms with Gasteiger partial charge in [-0.05, 0) is 81.2 Å². The Balaban J connectivity index is 1.35. The van der Waals surface area contributed by atoms with E-state index in [-0.39, 0.29) is 0 Å². The molecule has 9 rings (SSSR count). The van der Waals surface area contributed by atoms with Crippen LogP contribution in [-0.4, -0.2) is 9.13 Å². The van der Waals surface area contributed by atoms with Gasteiger partial charge in [0.25, 0.3) is 0 Å². The maximum absolute atomic E-state index is 2.43. The first-order valence-electron chi connectivity index (χ1n) is 14.2. The van der Waals surface area contributed by atoms with Crippen LogP contribution in [0.4, 0.5) is 0 Å². The van der Waals surface area contributed by atoms with Gasteiger partial charge in [0.15, 0.2) is 0 Å². The molecule has 0 N–H and O–H groups in total. The molecule has 0 bridgehead atoms. The van der Waals surface area contributed by atoms with Crippen molar-refractivity contribution in [1.82, 2.24) is 9.13 Å². The van der Waals surface area contributed by atoms with Crippen LogP contribution in [0.1, 0.15) is 0 Å². The lowest BCUT2D eigenvalue weighted by Crippen LogP contribution is -1.94. The molecular formula is C39H26N2. The molecule has 9 aromatic rings. The van der Waals surface area contributed by atoms with E-state index < -0.39 is 0 Å². The van der Waals surface area contributed by atoms with Gasteiger partial charge in [-0.25, -0.2) is 0 Å². The normalized spacial score (nSPS) is 12.0. The van der Waals surface area contributed by atoms with Crippen molar-refractivity contribution in [2.24, 2.45) is 7.05 Å². The predicted octanol–water partition coefficient (Wildman–Crippen LogP) is 10.4. The molecule has 0 unspecified atom stereocenters. The van der Waals surface area contributed by atoms with Gasteiger partial charge < -0.3 is 9.13 Å². The molecule has 0 aliphatic carbocycles. The Morgan fingerprint density at radius 2 is 1.00 bits per heavy atom. The third-order valence-corrected chi connectivity index (χ3v) is 8.89. The lowest BCUT2D eigenvalue weighted by atomic mass is 9.99. The number of aromatic nitrogens is 2. The summed E-state index contributed by atoms with van der Waals surface area (Å²) in [7, 11) is 2.16. The maximum Gasteiger partial charge on any atom is 0.0547 e. The first-order chi connectivity index (χ1) is 20.2. The molecule has 0 atom stereocenters. The minimum atomic E-state index is 1.18. The second-order valence-electron chi connectivity index (χ2n) is 11.1. The number of aryl methyl sites for hydroxylation is 1. The van der Waals surface area contributed by atoms with Gasteiger partial charge in [-0.15, -0.1) is 0 Å². The van der Waals surface area contributed by atoms with E-state index in [0.29, 0.717) is 0 Å². The van der Waals surface area contributed by atoms with Crippen molar-refractivity contribution in [2.45, 2.75) is 0 Å². The summed E-state index contributed by atoms with van der Waals surface area (Å²) in [5.74, 6) is 0. The van der Waals surface area contributed by atoms with Crippen LogP contribution in [0.5, 0.6) is 0 Å². The van der Waals surface area contributed by atoms with E-state index in [9.17, 15) is 0 Å². The third kappa shape index (κ3) is 3.19. The van der Waals surface area contributed by atoms with Gasteiger partial charge in [-0.3, -0.25) is 0 Å². The molecule has 192 valence electrons. The molecular weight excluding hydrogens is 496 g/mol. The van der Waals surface area contributed by atoms with Gasteiger partial charge >= 0.3 is 0 Å². The molecule has 2 aromatic heterocycles. The summed E-state index contributed by atoms with van der Waals surface area (Å²) in [5, 5.41) is 10.2. The number of hydrogen-bond donors (Lipinski definition) is 0. The second-order valence-corrected chi connectivity index (χ2v) is 11.1. The molecule has 0 saturated heterocycles. The Morgan fingerprint density at radius 3 is 1.85 bits per heavy atom. The fourth-order valence-corrected chi connectivity index (χ4v) is 6.91. The van der Waals surface area contributed by atoms with Crippen LogP contribution in [0.25, 0.3) is 82.0 Å². The molecule has 0 saturated carbocycles. The number of nitrogens with zero attached hydrogens (tertiary/aromatic N) is 2. The van der Waals surface area contributed by atoms with Crippen molar-refractivity contribution in [2.75, 3.05) is 0 Å². The Morgan fingerprint density at radius 1 is 0.390 bits per heavy atom. The van der Waals surface area contributed by atoms with E-state index in [0.717, 1.165) is 0 Å². The van der Waals surface area contributed by atoms with Crippen LogP contribution in [-0.2, 0) is 7.05 Å². The Kier molecular flexibility index (Phi) is 4.57. The highest BCUT2D eigenvalue weighted by Gasteiger charge is 2.17. The van der Waals surface area contributed by atoms with E-state index >= 15 is 0 Å². The fourth-order valence-electron chi connectivity index (χ4n) is 6.91. The summed E-state index contributed by atoms with van der Waals surface area (Å²) in [6, 6.07) is 51.2. The van der Waals surface area contributed by atoms with Gasteiger partial charge in [-0.1, -0.05) is 91.0 Å². The molecule has 2 heterocycles. The van der Waals surface area contributed by atoms with E-state index in [2.05, 4.69) is 156 Å². The Bertz CT molecular complexity index is 2490. The molecule has 2 heteroatoms. The maximum atomic E-state index is 2.43. The standard InChI is InChI=1S/C39H26N2/c1-40-35-13-7-6-12-32(35)33-23-28(16-19-36(33)40)29-17-20-37-34(24-29)39-31-11-5-4-9-26(31)15-21-38(39)41(37)30-18-14-25-8-2-3-10-27(25)22-30/h2-24H,1H3. The number of benzene rings is 7. The average Bonchev–Trinajstić information content (AvgIpc) is 3.52. The van der Waals surface area contributed by atoms with Crippen molar-refractivity contribution < 1.29 is 0 Å². The number of hydrogen-bond acceptors (Lipinski definition) is 0. The van der Waals surface area contributed by atoms with Crippen LogP contribution < -0.4 is 0 Å². The van der Waals surface area contributed by atoms with Crippen LogP contribution in [0.15, 0.2) is 140 Å². The third-order valence-electron chi connectivity index (χ3n) is 8.89. The Labute approximate surface area is 237 Å². The van der Waals surface area contributed by atoms with Gasteiger partial charge in [0, 0.05) is 45.3 Å². The topological polar surface area (TPSA) is 9.86 Å². The number of rotatable bonds is 2. The molecule has 0 radical (unpaired) electrons. The SMILES string of the molecule is Cn1c2ccccc2c2cc(-c3ccc4c(c3)c3c5ccccc5ccc3n4-c3ccc4ccccc4c3)ccc21. The van der Waals surface area contributed by atoms with Crippen molar-refractivity contribution in [1.29, 1.82) is 0 Å². The van der Waals surface area contributed by atoms with Gasteiger partial charge in [0.2, 0.25) is 0 Å². The van der Waals surface area contributed by atoms with E-state index in [1.54, 1.807) is 0 Å². The first kappa shape index (κ1) is 22.5. The van der Waals surface area contributed by atoms with Crippen molar-refractivity contribution in [3.8, 4) is 16.8 Å². The molecule has 0 fully saturated rings. The highest BCUT2D eigenvalue weighted by Crippen LogP contribution is 2.40. The zero-order valence-corrected chi connectivity index (χ0v) is 22.7. The summed E-state index contributed by atoms with van der Waals surface area (Å²) < 4.78 is 4.72. The first-order valence-corrected chi connectivity index (χ1v) is 14.2. The molecule has 0 aliphatic heterocycles. The molecule has 7 aromatic carbocycles. The van der Waals surface area contributed by atoms with Crippen LogP contribution in [0.3, 0.4) is 0 Å². The van der Waals surface area contributed by atoms with E-state index in [4.69, 9.17) is 0 Å². The Hall–Kier alpha value is -5.34. The monoisotopic (exact) mass is 522 g/mol. The zero-order chi connectivity index (χ0) is 27.1. The van der Waals surface area contributed by atoms with Gasteiger partial charge in [0.05, 0.1) is 11.0 Å². The number of fused-ring (bicyclic) bond motifs is 9. The van der Waals surface area contributed by atoms with Crippen molar-refractivity contribution in [3.05, 3.63) is 140 Å².